The summed E-state index contributed by atoms with van der Waals surface area (Å²) in [5, 5.41) is 4.37. The average molecular weight is 329 g/mol. The molecule has 0 spiro atoms. The van der Waals surface area contributed by atoms with Crippen molar-refractivity contribution in [1.29, 1.82) is 0 Å². The molecule has 2 aliphatic heterocycles. The van der Waals surface area contributed by atoms with Gasteiger partial charge in [-0.05, 0) is 60.2 Å². The quantitative estimate of drug-likeness (QED) is 0.812. The fourth-order valence-corrected chi connectivity index (χ4v) is 5.57. The van der Waals surface area contributed by atoms with E-state index in [2.05, 4.69) is 46.8 Å². The Bertz CT molecular complexity index is 695. The van der Waals surface area contributed by atoms with Gasteiger partial charge in [0.25, 0.3) is 0 Å². The molecule has 114 valence electrons. The second-order valence-electron chi connectivity index (χ2n) is 6.17. The summed E-state index contributed by atoms with van der Waals surface area (Å²) in [6.07, 6.45) is 3.10. The normalized spacial score (nSPS) is 23.8. The third-order valence-electron chi connectivity index (χ3n) is 4.64. The lowest BCUT2D eigenvalue weighted by atomic mass is 10.1. The summed E-state index contributed by atoms with van der Waals surface area (Å²) in [7, 11) is 0. The van der Waals surface area contributed by atoms with Crippen molar-refractivity contribution in [1.82, 2.24) is 4.90 Å². The van der Waals surface area contributed by atoms with E-state index in [-0.39, 0.29) is 5.25 Å². The minimum atomic E-state index is 0.0658. The molecule has 1 fully saturated rings. The van der Waals surface area contributed by atoms with Crippen molar-refractivity contribution < 1.29 is 4.79 Å². The zero-order valence-electron chi connectivity index (χ0n) is 12.6. The molecule has 4 heteroatoms. The first-order chi connectivity index (χ1) is 10.7. The maximum absolute atomic E-state index is 13.0. The predicted octanol–water partition coefficient (Wildman–Crippen LogP) is 4.44. The third kappa shape index (κ3) is 2.48. The third-order valence-corrected chi connectivity index (χ3v) is 6.62. The Morgan fingerprint density at radius 2 is 2.23 bits per heavy atom. The maximum atomic E-state index is 13.0. The molecule has 4 rings (SSSR count). The molecule has 1 saturated heterocycles. The fourth-order valence-electron chi connectivity index (χ4n) is 3.50. The molecule has 0 unspecified atom stereocenters. The molecule has 0 N–H and O–H groups in total. The molecule has 0 saturated carbocycles. The van der Waals surface area contributed by atoms with Crippen LogP contribution in [0.1, 0.15) is 35.6 Å². The van der Waals surface area contributed by atoms with Crippen molar-refractivity contribution in [2.75, 3.05) is 6.54 Å². The number of rotatable bonds is 2. The van der Waals surface area contributed by atoms with Crippen molar-refractivity contribution in [2.45, 2.75) is 42.4 Å². The first-order valence-electron chi connectivity index (χ1n) is 7.81. The first-order valence-corrected chi connectivity index (χ1v) is 9.63. The number of amides is 1. The van der Waals surface area contributed by atoms with Gasteiger partial charge in [-0.15, -0.1) is 11.8 Å². The van der Waals surface area contributed by atoms with Crippen LogP contribution < -0.4 is 0 Å². The van der Waals surface area contributed by atoms with Crippen molar-refractivity contribution in [2.24, 2.45) is 0 Å². The van der Waals surface area contributed by atoms with Crippen LogP contribution in [0.3, 0.4) is 0 Å². The van der Waals surface area contributed by atoms with Gasteiger partial charge in [0.1, 0.15) is 0 Å². The molecule has 2 aliphatic rings. The predicted molar refractivity (Wildman–Crippen MR) is 92.5 cm³/mol. The molecule has 0 bridgehead atoms. The highest BCUT2D eigenvalue weighted by atomic mass is 32.2. The molecule has 1 aromatic carbocycles. The smallest absolute Gasteiger partial charge is 0.236 e. The van der Waals surface area contributed by atoms with Gasteiger partial charge >= 0.3 is 0 Å². The molecule has 2 nitrogen and oxygen atoms in total. The summed E-state index contributed by atoms with van der Waals surface area (Å²) in [4.78, 5) is 16.4. The van der Waals surface area contributed by atoms with Gasteiger partial charge in [-0.25, -0.2) is 0 Å². The van der Waals surface area contributed by atoms with E-state index >= 15 is 0 Å². The number of aryl methyl sites for hydroxylation is 1. The fraction of sp³-hybridized carbons (Fsp3) is 0.389. The average Bonchev–Trinajstić information content (AvgIpc) is 3.24. The number of hydrogen-bond donors (Lipinski definition) is 0. The van der Waals surface area contributed by atoms with Gasteiger partial charge in [0, 0.05) is 11.4 Å². The van der Waals surface area contributed by atoms with Crippen molar-refractivity contribution >= 4 is 29.0 Å². The monoisotopic (exact) mass is 329 g/mol. The second-order valence-corrected chi connectivity index (χ2v) is 8.19. The van der Waals surface area contributed by atoms with Crippen LogP contribution in [0.4, 0.5) is 0 Å². The Morgan fingerprint density at radius 3 is 3.05 bits per heavy atom. The van der Waals surface area contributed by atoms with E-state index in [0.29, 0.717) is 11.9 Å². The zero-order chi connectivity index (χ0) is 15.1. The van der Waals surface area contributed by atoms with E-state index in [1.807, 2.05) is 0 Å². The van der Waals surface area contributed by atoms with Crippen LogP contribution >= 0.6 is 23.1 Å². The summed E-state index contributed by atoms with van der Waals surface area (Å²) in [6, 6.07) is 9.01. The number of thiophene rings is 1. The highest BCUT2D eigenvalue weighted by molar-refractivity contribution is 8.01. The van der Waals surface area contributed by atoms with Crippen LogP contribution in [0.15, 0.2) is 39.9 Å². The van der Waals surface area contributed by atoms with E-state index < -0.39 is 0 Å². The highest BCUT2D eigenvalue weighted by Gasteiger charge is 2.37. The summed E-state index contributed by atoms with van der Waals surface area (Å²) in [5.74, 6) is 0.326. The lowest BCUT2D eigenvalue weighted by molar-refractivity contribution is -0.131. The van der Waals surface area contributed by atoms with Crippen LogP contribution in [0, 0.1) is 6.92 Å². The second kappa shape index (κ2) is 5.74. The standard InChI is InChI=1S/C18H19NOS2/c1-12-4-5-13-10-17(22-16(13)9-12)18(20)19-7-2-3-15(19)14-6-8-21-11-14/h4-6,8-9,11,15,17H,2-3,7,10H2,1H3/t15-,17-/m0/s1. The molecule has 2 atom stereocenters. The number of hydrogen-bond acceptors (Lipinski definition) is 3. The van der Waals surface area contributed by atoms with Gasteiger partial charge in [-0.1, -0.05) is 17.7 Å². The van der Waals surface area contributed by atoms with E-state index in [1.165, 1.54) is 21.6 Å². The van der Waals surface area contributed by atoms with Gasteiger partial charge in [-0.3, -0.25) is 4.79 Å². The zero-order valence-corrected chi connectivity index (χ0v) is 14.3. The maximum Gasteiger partial charge on any atom is 0.236 e. The molecular weight excluding hydrogens is 310 g/mol. The van der Waals surface area contributed by atoms with Crippen molar-refractivity contribution in [3.05, 3.63) is 51.7 Å². The Balaban J connectivity index is 1.53. The highest BCUT2D eigenvalue weighted by Crippen LogP contribution is 2.41. The van der Waals surface area contributed by atoms with Crippen molar-refractivity contribution in [3.63, 3.8) is 0 Å². The van der Waals surface area contributed by atoms with Crippen LogP contribution in [0.25, 0.3) is 0 Å². The molecule has 1 amide bonds. The molecule has 22 heavy (non-hydrogen) atoms. The number of thioether (sulfide) groups is 1. The lowest BCUT2D eigenvalue weighted by Crippen LogP contribution is -2.37. The van der Waals surface area contributed by atoms with E-state index in [1.54, 1.807) is 23.1 Å². The van der Waals surface area contributed by atoms with Gasteiger partial charge in [0.2, 0.25) is 5.91 Å². The number of fused-ring (bicyclic) bond motifs is 1. The number of likely N-dealkylation sites (tertiary alicyclic amines) is 1. The Hall–Kier alpha value is -1.26. The van der Waals surface area contributed by atoms with E-state index in [4.69, 9.17) is 0 Å². The van der Waals surface area contributed by atoms with Gasteiger partial charge < -0.3 is 4.90 Å². The topological polar surface area (TPSA) is 20.3 Å². The minimum Gasteiger partial charge on any atom is -0.335 e. The largest absolute Gasteiger partial charge is 0.335 e. The number of carbonyl (C=O) groups excluding carboxylic acids is 1. The van der Waals surface area contributed by atoms with Gasteiger partial charge in [0.15, 0.2) is 0 Å². The molecule has 3 heterocycles. The van der Waals surface area contributed by atoms with Crippen LogP contribution in [-0.4, -0.2) is 22.6 Å². The summed E-state index contributed by atoms with van der Waals surface area (Å²) >= 11 is 3.48. The lowest BCUT2D eigenvalue weighted by Gasteiger charge is -2.26. The minimum absolute atomic E-state index is 0.0658. The first kappa shape index (κ1) is 14.3. The van der Waals surface area contributed by atoms with E-state index in [9.17, 15) is 4.79 Å². The van der Waals surface area contributed by atoms with Crippen LogP contribution in [0.5, 0.6) is 0 Å². The Labute approximate surface area is 139 Å². The summed E-state index contributed by atoms with van der Waals surface area (Å²) < 4.78 is 0. The number of benzene rings is 1. The molecule has 0 aliphatic carbocycles. The van der Waals surface area contributed by atoms with Crippen molar-refractivity contribution in [3.8, 4) is 0 Å². The molecule has 1 aromatic heterocycles. The van der Waals surface area contributed by atoms with E-state index in [0.717, 1.165) is 25.8 Å². The number of carbonyl (C=O) groups is 1. The van der Waals surface area contributed by atoms with Crippen LogP contribution in [0.2, 0.25) is 0 Å². The molecule has 0 radical (unpaired) electrons. The molecule has 2 aromatic rings. The summed E-state index contributed by atoms with van der Waals surface area (Å²) in [6.45, 7) is 3.02. The number of nitrogens with zero attached hydrogens (tertiary/aromatic N) is 1. The van der Waals surface area contributed by atoms with Gasteiger partial charge in [-0.2, -0.15) is 11.3 Å². The SMILES string of the molecule is Cc1ccc2c(c1)S[C@H](C(=O)N1CCC[C@H]1c1ccsc1)C2. The van der Waals surface area contributed by atoms with Crippen LogP contribution in [-0.2, 0) is 11.2 Å². The Kier molecular flexibility index (Phi) is 3.74. The summed E-state index contributed by atoms with van der Waals surface area (Å²) in [5.41, 5.74) is 3.92. The van der Waals surface area contributed by atoms with Gasteiger partial charge in [0.05, 0.1) is 11.3 Å². The Morgan fingerprint density at radius 1 is 1.32 bits per heavy atom. The molecular formula is C18H19NOS2.